The summed E-state index contributed by atoms with van der Waals surface area (Å²) in [4.78, 5) is 18.1. The highest BCUT2D eigenvalue weighted by atomic mass is 35.5. The molecule has 1 N–H and O–H groups in total. The number of ether oxygens (including phenoxy) is 1. The van der Waals surface area contributed by atoms with Gasteiger partial charge in [-0.05, 0) is 69.0 Å². The maximum atomic E-state index is 13.4. The lowest BCUT2D eigenvalue weighted by Gasteiger charge is -2.21. The number of nitrogens with one attached hydrogen (secondary N) is 1. The standard InChI is InChI=1S/C26H25ClN4O2/c1-15-13-20(24-17(3)30-31(25(24)28-15)22-9-5-4-8-21(22)27)26(32)29-16(2)19-11-10-18-7-6-12-33-23(18)14-19/h4-5,8-11,13-14,16H,6-7,12H2,1-3H3,(H,29,32)/t16-/m0/s1. The predicted molar refractivity (Wildman–Crippen MR) is 129 cm³/mol. The molecule has 0 bridgehead atoms. The highest BCUT2D eigenvalue weighted by Gasteiger charge is 2.22. The second-order valence-corrected chi connectivity index (χ2v) is 8.88. The molecule has 2 aromatic heterocycles. The van der Waals surface area contributed by atoms with Crippen LogP contribution in [0, 0.1) is 13.8 Å². The number of hydrogen-bond donors (Lipinski definition) is 1. The summed E-state index contributed by atoms with van der Waals surface area (Å²) in [5.74, 6) is 0.748. The number of carbonyl (C=O) groups is 1. The molecule has 2 aromatic carbocycles. The summed E-state index contributed by atoms with van der Waals surface area (Å²) in [5.41, 5.74) is 5.57. The average Bonchev–Trinajstić information content (AvgIpc) is 3.14. The lowest BCUT2D eigenvalue weighted by Crippen LogP contribution is -2.27. The number of pyridine rings is 1. The Morgan fingerprint density at radius 3 is 2.82 bits per heavy atom. The number of nitrogens with zero attached hydrogens (tertiary/aromatic N) is 3. The highest BCUT2D eigenvalue weighted by Crippen LogP contribution is 2.30. The lowest BCUT2D eigenvalue weighted by molar-refractivity contribution is 0.0941. The van der Waals surface area contributed by atoms with Crippen molar-refractivity contribution < 1.29 is 9.53 Å². The van der Waals surface area contributed by atoms with Crippen molar-refractivity contribution in [2.75, 3.05) is 6.61 Å². The van der Waals surface area contributed by atoms with Crippen molar-refractivity contribution in [2.24, 2.45) is 0 Å². The van der Waals surface area contributed by atoms with Gasteiger partial charge in [0.25, 0.3) is 5.91 Å². The maximum Gasteiger partial charge on any atom is 0.252 e. The first-order chi connectivity index (χ1) is 15.9. The van der Waals surface area contributed by atoms with Crippen molar-refractivity contribution in [3.63, 3.8) is 0 Å². The Morgan fingerprint density at radius 2 is 2.00 bits per heavy atom. The first-order valence-corrected chi connectivity index (χ1v) is 11.5. The van der Waals surface area contributed by atoms with Crippen molar-refractivity contribution in [3.05, 3.63) is 81.6 Å². The second kappa shape index (κ2) is 8.52. The molecule has 0 saturated heterocycles. The van der Waals surface area contributed by atoms with Crippen LogP contribution < -0.4 is 10.1 Å². The van der Waals surface area contributed by atoms with Gasteiger partial charge in [0.05, 0.1) is 40.0 Å². The second-order valence-electron chi connectivity index (χ2n) is 8.47. The zero-order valence-corrected chi connectivity index (χ0v) is 19.6. The molecule has 0 fully saturated rings. The highest BCUT2D eigenvalue weighted by molar-refractivity contribution is 6.32. The Hall–Kier alpha value is -3.38. The van der Waals surface area contributed by atoms with E-state index in [1.807, 2.05) is 57.2 Å². The van der Waals surface area contributed by atoms with Crippen LogP contribution in [0.3, 0.4) is 0 Å². The monoisotopic (exact) mass is 460 g/mol. The molecule has 1 amide bonds. The van der Waals surface area contributed by atoms with Crippen molar-refractivity contribution in [1.29, 1.82) is 0 Å². The molecule has 1 aliphatic heterocycles. The summed E-state index contributed by atoms with van der Waals surface area (Å²) in [7, 11) is 0. The number of para-hydroxylation sites is 1. The molecule has 1 aliphatic rings. The molecular formula is C26H25ClN4O2. The van der Waals surface area contributed by atoms with Gasteiger partial charge in [-0.3, -0.25) is 4.79 Å². The van der Waals surface area contributed by atoms with E-state index >= 15 is 0 Å². The van der Waals surface area contributed by atoms with E-state index in [0.717, 1.165) is 53.2 Å². The predicted octanol–water partition coefficient (Wildman–Crippen LogP) is 5.51. The van der Waals surface area contributed by atoms with Gasteiger partial charge in [-0.2, -0.15) is 5.10 Å². The lowest BCUT2D eigenvalue weighted by atomic mass is 10.0. The fourth-order valence-corrected chi connectivity index (χ4v) is 4.58. The molecule has 0 saturated carbocycles. The van der Waals surface area contributed by atoms with Crippen LogP contribution in [0.5, 0.6) is 5.75 Å². The quantitative estimate of drug-likeness (QED) is 0.436. The summed E-state index contributed by atoms with van der Waals surface area (Å²) >= 11 is 6.42. The van der Waals surface area contributed by atoms with Crippen LogP contribution >= 0.6 is 11.6 Å². The van der Waals surface area contributed by atoms with Crippen molar-refractivity contribution in [3.8, 4) is 11.4 Å². The van der Waals surface area contributed by atoms with Crippen LogP contribution in [0.15, 0.2) is 48.5 Å². The van der Waals surface area contributed by atoms with Crippen LogP contribution in [0.25, 0.3) is 16.7 Å². The van der Waals surface area contributed by atoms with Crippen molar-refractivity contribution in [1.82, 2.24) is 20.1 Å². The van der Waals surface area contributed by atoms with E-state index in [4.69, 9.17) is 16.3 Å². The SMILES string of the molecule is Cc1cc(C(=O)N[C@@H](C)c2ccc3c(c2)OCCC3)c2c(C)nn(-c3ccccc3Cl)c2n1. The number of aromatic nitrogens is 3. The molecule has 5 rings (SSSR count). The molecule has 3 heterocycles. The molecule has 1 atom stereocenters. The van der Waals surface area contributed by atoms with Gasteiger partial charge < -0.3 is 10.1 Å². The van der Waals surface area contributed by atoms with Crippen LogP contribution in [0.1, 0.15) is 52.3 Å². The third-order valence-electron chi connectivity index (χ3n) is 6.05. The Bertz CT molecular complexity index is 1380. The van der Waals surface area contributed by atoms with Gasteiger partial charge in [-0.25, -0.2) is 9.67 Å². The zero-order chi connectivity index (χ0) is 23.1. The number of hydrogen-bond acceptors (Lipinski definition) is 4. The molecule has 33 heavy (non-hydrogen) atoms. The molecule has 6 nitrogen and oxygen atoms in total. The molecular weight excluding hydrogens is 436 g/mol. The average molecular weight is 461 g/mol. The minimum atomic E-state index is -0.184. The molecule has 168 valence electrons. The summed E-state index contributed by atoms with van der Waals surface area (Å²) < 4.78 is 7.51. The van der Waals surface area contributed by atoms with E-state index in [1.54, 1.807) is 4.68 Å². The number of fused-ring (bicyclic) bond motifs is 2. The number of aryl methyl sites for hydroxylation is 3. The molecule has 0 spiro atoms. The third-order valence-corrected chi connectivity index (χ3v) is 6.37. The number of amides is 1. The van der Waals surface area contributed by atoms with Gasteiger partial charge in [0.15, 0.2) is 5.65 Å². The van der Waals surface area contributed by atoms with E-state index in [-0.39, 0.29) is 11.9 Å². The number of carbonyl (C=O) groups excluding carboxylic acids is 1. The largest absolute Gasteiger partial charge is 0.493 e. The molecule has 0 aliphatic carbocycles. The van der Waals surface area contributed by atoms with E-state index in [9.17, 15) is 4.79 Å². The Kier molecular flexibility index (Phi) is 5.54. The fraction of sp³-hybridized carbons (Fsp3) is 0.269. The smallest absolute Gasteiger partial charge is 0.252 e. The molecule has 0 unspecified atom stereocenters. The van der Waals surface area contributed by atoms with E-state index in [1.165, 1.54) is 5.56 Å². The summed E-state index contributed by atoms with van der Waals surface area (Å²) in [5, 5.41) is 9.09. The van der Waals surface area contributed by atoms with Crippen LogP contribution in [-0.4, -0.2) is 27.3 Å². The molecule has 4 aromatic rings. The van der Waals surface area contributed by atoms with E-state index < -0.39 is 0 Å². The first kappa shape index (κ1) is 21.5. The number of halogens is 1. The number of rotatable bonds is 4. The van der Waals surface area contributed by atoms with Crippen molar-refractivity contribution >= 4 is 28.5 Å². The Balaban J connectivity index is 1.51. The summed E-state index contributed by atoms with van der Waals surface area (Å²) in [6.07, 6.45) is 2.07. The van der Waals surface area contributed by atoms with Crippen LogP contribution in [0.2, 0.25) is 5.02 Å². The van der Waals surface area contributed by atoms with Gasteiger partial charge in [0.1, 0.15) is 5.75 Å². The Labute approximate surface area is 197 Å². The topological polar surface area (TPSA) is 69.0 Å². The maximum absolute atomic E-state index is 13.4. The summed E-state index contributed by atoms with van der Waals surface area (Å²) in [6, 6.07) is 15.3. The normalized spacial score (nSPS) is 13.9. The minimum absolute atomic E-state index is 0.168. The van der Waals surface area contributed by atoms with E-state index in [2.05, 4.69) is 27.5 Å². The zero-order valence-electron chi connectivity index (χ0n) is 18.9. The Morgan fingerprint density at radius 1 is 1.18 bits per heavy atom. The van der Waals surface area contributed by atoms with Gasteiger partial charge in [0, 0.05) is 5.69 Å². The molecule has 0 radical (unpaired) electrons. The first-order valence-electron chi connectivity index (χ1n) is 11.1. The van der Waals surface area contributed by atoms with Gasteiger partial charge in [-0.1, -0.05) is 35.9 Å². The number of benzene rings is 2. The van der Waals surface area contributed by atoms with Crippen LogP contribution in [0.4, 0.5) is 0 Å². The van der Waals surface area contributed by atoms with Crippen molar-refractivity contribution in [2.45, 2.75) is 39.7 Å². The van der Waals surface area contributed by atoms with Crippen LogP contribution in [-0.2, 0) is 6.42 Å². The molecule has 7 heteroatoms. The fourth-order valence-electron chi connectivity index (χ4n) is 4.37. The van der Waals surface area contributed by atoms with E-state index in [0.29, 0.717) is 16.2 Å². The third kappa shape index (κ3) is 3.95. The minimum Gasteiger partial charge on any atom is -0.493 e. The summed E-state index contributed by atoms with van der Waals surface area (Å²) in [6.45, 7) is 6.47. The van der Waals surface area contributed by atoms with Gasteiger partial charge in [0.2, 0.25) is 0 Å². The van der Waals surface area contributed by atoms with Gasteiger partial charge in [-0.15, -0.1) is 0 Å². The van der Waals surface area contributed by atoms with Gasteiger partial charge >= 0.3 is 0 Å².